The molecule has 168 valence electrons. The monoisotopic (exact) mass is 454 g/mol. The van der Waals surface area contributed by atoms with E-state index in [1.165, 1.54) is 0 Å². The van der Waals surface area contributed by atoms with Crippen molar-refractivity contribution >= 4 is 40.4 Å². The number of anilines is 2. The first-order valence-corrected chi connectivity index (χ1v) is 11.0. The van der Waals surface area contributed by atoms with Gasteiger partial charge in [0.15, 0.2) is 0 Å². The van der Waals surface area contributed by atoms with Gasteiger partial charge >= 0.3 is 6.09 Å². The molecule has 1 aliphatic heterocycles. The van der Waals surface area contributed by atoms with Crippen molar-refractivity contribution < 1.29 is 9.53 Å². The number of nitrogens with one attached hydrogen (secondary N) is 1. The van der Waals surface area contributed by atoms with Crippen LogP contribution in [0, 0.1) is 0 Å². The van der Waals surface area contributed by atoms with Crippen molar-refractivity contribution in [3.05, 3.63) is 53.3 Å². The Hall–Kier alpha value is -3.13. The minimum atomic E-state index is -0.500. The van der Waals surface area contributed by atoms with Gasteiger partial charge in [-0.25, -0.2) is 19.7 Å². The Morgan fingerprint density at radius 1 is 1.12 bits per heavy atom. The van der Waals surface area contributed by atoms with Crippen LogP contribution in [0.1, 0.15) is 26.3 Å². The van der Waals surface area contributed by atoms with Gasteiger partial charge in [-0.1, -0.05) is 29.8 Å². The van der Waals surface area contributed by atoms with Gasteiger partial charge in [0.1, 0.15) is 11.4 Å². The standard InChI is InChI=1S/C23H27ClN6O2/c1-23(2,3)32-22(31)30-12-10-29(11-13-30)20-17-15-27-21(28-19(17)8-9-25-20)26-14-16-6-4-5-7-18(16)24/h4-9,15H,10-14H2,1-3H3,(H,26,27,28). The van der Waals surface area contributed by atoms with Gasteiger partial charge in [0.25, 0.3) is 0 Å². The summed E-state index contributed by atoms with van der Waals surface area (Å²) in [6.07, 6.45) is 3.27. The lowest BCUT2D eigenvalue weighted by atomic mass is 10.2. The summed E-state index contributed by atoms with van der Waals surface area (Å²) in [7, 11) is 0. The predicted octanol–water partition coefficient (Wildman–Crippen LogP) is 4.35. The number of benzene rings is 1. The van der Waals surface area contributed by atoms with E-state index in [-0.39, 0.29) is 6.09 Å². The second kappa shape index (κ2) is 9.16. The molecule has 0 saturated carbocycles. The van der Waals surface area contributed by atoms with Gasteiger partial charge in [-0.05, 0) is 38.5 Å². The van der Waals surface area contributed by atoms with E-state index in [1.54, 1.807) is 17.3 Å². The maximum Gasteiger partial charge on any atom is 0.410 e. The number of ether oxygens (including phenoxy) is 1. The molecule has 3 aromatic rings. The molecule has 1 fully saturated rings. The minimum Gasteiger partial charge on any atom is -0.444 e. The van der Waals surface area contributed by atoms with Crippen LogP contribution in [0.4, 0.5) is 16.6 Å². The van der Waals surface area contributed by atoms with Crippen LogP contribution in [0.2, 0.25) is 5.02 Å². The molecule has 4 rings (SSSR count). The highest BCUT2D eigenvalue weighted by molar-refractivity contribution is 6.31. The van der Waals surface area contributed by atoms with E-state index >= 15 is 0 Å². The van der Waals surface area contributed by atoms with E-state index in [4.69, 9.17) is 16.3 Å². The minimum absolute atomic E-state index is 0.277. The van der Waals surface area contributed by atoms with Crippen molar-refractivity contribution in [1.29, 1.82) is 0 Å². The third-order valence-electron chi connectivity index (χ3n) is 5.11. The van der Waals surface area contributed by atoms with Gasteiger partial charge in [0.2, 0.25) is 5.95 Å². The van der Waals surface area contributed by atoms with Crippen molar-refractivity contribution in [2.24, 2.45) is 0 Å². The lowest BCUT2D eigenvalue weighted by molar-refractivity contribution is 0.0240. The number of piperazine rings is 1. The fourth-order valence-corrected chi connectivity index (χ4v) is 3.73. The molecule has 0 unspecified atom stereocenters. The molecule has 1 aromatic carbocycles. The first kappa shape index (κ1) is 22.1. The number of pyridine rings is 1. The van der Waals surface area contributed by atoms with Crippen molar-refractivity contribution in [1.82, 2.24) is 19.9 Å². The molecule has 9 heteroatoms. The zero-order chi connectivity index (χ0) is 22.7. The van der Waals surface area contributed by atoms with E-state index in [0.29, 0.717) is 43.7 Å². The van der Waals surface area contributed by atoms with Crippen molar-refractivity contribution in [3.63, 3.8) is 0 Å². The van der Waals surface area contributed by atoms with E-state index in [2.05, 4.69) is 25.2 Å². The number of amides is 1. The van der Waals surface area contributed by atoms with E-state index in [9.17, 15) is 4.79 Å². The van der Waals surface area contributed by atoms with Crippen LogP contribution in [0.3, 0.4) is 0 Å². The van der Waals surface area contributed by atoms with E-state index in [0.717, 1.165) is 22.3 Å². The number of carbonyl (C=O) groups excluding carboxylic acids is 1. The van der Waals surface area contributed by atoms with Gasteiger partial charge in [-0.15, -0.1) is 0 Å². The molecule has 0 bridgehead atoms. The highest BCUT2D eigenvalue weighted by Crippen LogP contribution is 2.25. The second-order valence-corrected chi connectivity index (χ2v) is 9.07. The first-order valence-electron chi connectivity index (χ1n) is 10.6. The van der Waals surface area contributed by atoms with Crippen LogP contribution < -0.4 is 10.2 Å². The quantitative estimate of drug-likeness (QED) is 0.627. The summed E-state index contributed by atoms with van der Waals surface area (Å²) >= 11 is 6.23. The molecule has 32 heavy (non-hydrogen) atoms. The van der Waals surface area contributed by atoms with Gasteiger partial charge < -0.3 is 19.9 Å². The second-order valence-electron chi connectivity index (χ2n) is 8.66. The van der Waals surface area contributed by atoms with Crippen LogP contribution in [-0.4, -0.2) is 57.7 Å². The Labute approximate surface area is 192 Å². The largest absolute Gasteiger partial charge is 0.444 e. The van der Waals surface area contributed by atoms with Crippen molar-refractivity contribution in [2.75, 3.05) is 36.4 Å². The molecule has 3 heterocycles. The molecule has 2 aromatic heterocycles. The number of halogens is 1. The Morgan fingerprint density at radius 2 is 1.88 bits per heavy atom. The number of nitrogens with zero attached hydrogens (tertiary/aromatic N) is 5. The van der Waals surface area contributed by atoms with E-state index < -0.39 is 5.60 Å². The Morgan fingerprint density at radius 3 is 2.59 bits per heavy atom. The summed E-state index contributed by atoms with van der Waals surface area (Å²) in [5.41, 5.74) is 1.29. The topological polar surface area (TPSA) is 83.5 Å². The molecule has 1 saturated heterocycles. The van der Waals surface area contributed by atoms with Crippen LogP contribution in [0.15, 0.2) is 42.7 Å². The fourth-order valence-electron chi connectivity index (χ4n) is 3.52. The third kappa shape index (κ3) is 5.19. The molecule has 1 aliphatic rings. The summed E-state index contributed by atoms with van der Waals surface area (Å²) in [4.78, 5) is 29.9. The van der Waals surface area contributed by atoms with Crippen LogP contribution >= 0.6 is 11.6 Å². The number of rotatable bonds is 4. The number of hydrogen-bond donors (Lipinski definition) is 1. The molecule has 0 radical (unpaired) electrons. The molecule has 1 N–H and O–H groups in total. The van der Waals surface area contributed by atoms with Crippen LogP contribution in [0.5, 0.6) is 0 Å². The van der Waals surface area contributed by atoms with Crippen LogP contribution in [-0.2, 0) is 11.3 Å². The smallest absolute Gasteiger partial charge is 0.410 e. The Balaban J connectivity index is 1.44. The summed E-state index contributed by atoms with van der Waals surface area (Å²) in [6, 6.07) is 9.55. The van der Waals surface area contributed by atoms with Gasteiger partial charge in [0, 0.05) is 50.1 Å². The van der Waals surface area contributed by atoms with Gasteiger partial charge in [0.05, 0.1) is 10.9 Å². The number of fused-ring (bicyclic) bond motifs is 1. The molecule has 0 aliphatic carbocycles. The Kier molecular flexibility index (Phi) is 6.32. The van der Waals surface area contributed by atoms with Gasteiger partial charge in [-0.3, -0.25) is 0 Å². The highest BCUT2D eigenvalue weighted by Gasteiger charge is 2.27. The molecule has 0 atom stereocenters. The van der Waals surface area contributed by atoms with Crippen LogP contribution in [0.25, 0.3) is 10.9 Å². The highest BCUT2D eigenvalue weighted by atomic mass is 35.5. The molecular weight excluding hydrogens is 428 g/mol. The lowest BCUT2D eigenvalue weighted by Crippen LogP contribution is -2.50. The lowest BCUT2D eigenvalue weighted by Gasteiger charge is -2.36. The first-order chi connectivity index (χ1) is 15.3. The SMILES string of the molecule is CC(C)(C)OC(=O)N1CCN(c2nccc3nc(NCc4ccccc4Cl)ncc23)CC1. The fraction of sp³-hybridized carbons (Fsp3) is 0.391. The molecular formula is C23H27ClN6O2. The number of carbonyl (C=O) groups is 1. The number of hydrogen-bond acceptors (Lipinski definition) is 7. The average molecular weight is 455 g/mol. The Bertz CT molecular complexity index is 1110. The molecule has 0 spiro atoms. The van der Waals surface area contributed by atoms with Crippen molar-refractivity contribution in [3.8, 4) is 0 Å². The van der Waals surface area contributed by atoms with Crippen molar-refractivity contribution in [2.45, 2.75) is 32.9 Å². The summed E-state index contributed by atoms with van der Waals surface area (Å²) < 4.78 is 5.48. The predicted molar refractivity (Wildman–Crippen MR) is 126 cm³/mol. The maximum absolute atomic E-state index is 12.3. The summed E-state index contributed by atoms with van der Waals surface area (Å²) in [5, 5.41) is 4.81. The number of aromatic nitrogens is 3. The molecule has 1 amide bonds. The van der Waals surface area contributed by atoms with Gasteiger partial charge in [-0.2, -0.15) is 0 Å². The molecule has 8 nitrogen and oxygen atoms in total. The zero-order valence-corrected chi connectivity index (χ0v) is 19.3. The third-order valence-corrected chi connectivity index (χ3v) is 5.48. The summed E-state index contributed by atoms with van der Waals surface area (Å²) in [5.74, 6) is 1.35. The zero-order valence-electron chi connectivity index (χ0n) is 18.5. The normalized spacial score (nSPS) is 14.5. The van der Waals surface area contributed by atoms with E-state index in [1.807, 2.05) is 51.1 Å². The maximum atomic E-state index is 12.3. The summed E-state index contributed by atoms with van der Waals surface area (Å²) in [6.45, 7) is 8.64. The average Bonchev–Trinajstić information content (AvgIpc) is 2.77.